The van der Waals surface area contributed by atoms with Gasteiger partial charge < -0.3 is 18.8 Å². The van der Waals surface area contributed by atoms with Gasteiger partial charge in [0.2, 0.25) is 0 Å². The van der Waals surface area contributed by atoms with E-state index < -0.39 is 0 Å². The number of hydrogen-bond donors (Lipinski definition) is 0. The highest BCUT2D eigenvalue weighted by Crippen LogP contribution is 2.19. The Bertz CT molecular complexity index is 256. The maximum Gasteiger partial charge on any atom is 0.457 e. The minimum absolute atomic E-state index is 0.109. The van der Waals surface area contributed by atoms with Gasteiger partial charge in [0.25, 0.3) is 0 Å². The van der Waals surface area contributed by atoms with Gasteiger partial charge in [-0.2, -0.15) is 0 Å². The number of hydrogen-bond acceptors (Lipinski definition) is 6. The molecule has 0 saturated carbocycles. The lowest BCUT2D eigenvalue weighted by atomic mass is 9.87. The molecule has 2 unspecified atom stereocenters. The molecule has 0 aromatic rings. The molecule has 6 nitrogen and oxygen atoms in total. The van der Waals surface area contributed by atoms with Crippen LogP contribution in [0.5, 0.6) is 0 Å². The summed E-state index contributed by atoms with van der Waals surface area (Å²) in [7, 11) is -0.337. The van der Waals surface area contributed by atoms with Crippen molar-refractivity contribution in [2.45, 2.75) is 39.3 Å². The summed E-state index contributed by atoms with van der Waals surface area (Å²) in [6.07, 6.45) is -0.0842. The van der Waals surface area contributed by atoms with Crippen molar-refractivity contribution in [3.63, 3.8) is 0 Å². The molecular formula is C10H17BO6. The lowest BCUT2D eigenvalue weighted by molar-refractivity contribution is -0.148. The minimum atomic E-state index is -0.386. The van der Waals surface area contributed by atoms with Crippen LogP contribution < -0.4 is 0 Å². The molecule has 1 saturated heterocycles. The van der Waals surface area contributed by atoms with Crippen molar-refractivity contribution < 1.29 is 28.4 Å². The molecule has 0 amide bonds. The maximum atomic E-state index is 10.7. The second-order valence-corrected chi connectivity index (χ2v) is 3.79. The van der Waals surface area contributed by atoms with E-state index in [1.54, 1.807) is 0 Å². The summed E-state index contributed by atoms with van der Waals surface area (Å²) in [5.74, 6) is -0.750. The number of rotatable bonds is 5. The molecule has 1 aliphatic rings. The van der Waals surface area contributed by atoms with Crippen molar-refractivity contribution in [3.8, 4) is 0 Å². The first kappa shape index (κ1) is 14.0. The number of esters is 2. The van der Waals surface area contributed by atoms with Crippen LogP contribution in [0.25, 0.3) is 0 Å². The lowest BCUT2D eigenvalue weighted by Gasteiger charge is -2.17. The van der Waals surface area contributed by atoms with E-state index in [1.165, 1.54) is 13.8 Å². The van der Waals surface area contributed by atoms with Crippen LogP contribution in [0.2, 0.25) is 6.32 Å². The second-order valence-electron chi connectivity index (χ2n) is 3.79. The molecule has 0 spiro atoms. The molecule has 0 aromatic carbocycles. The fourth-order valence-electron chi connectivity index (χ4n) is 1.48. The fourth-order valence-corrected chi connectivity index (χ4v) is 1.48. The van der Waals surface area contributed by atoms with Crippen molar-refractivity contribution in [1.82, 2.24) is 0 Å². The molecule has 0 aliphatic carbocycles. The summed E-state index contributed by atoms with van der Waals surface area (Å²) >= 11 is 0. The SMILES string of the molecule is CCB1OC(COC(C)=O)C(COC(C)=O)O1. The molecule has 1 fully saturated rings. The molecule has 96 valence electrons. The van der Waals surface area contributed by atoms with E-state index in [0.717, 1.165) is 0 Å². The average Bonchev–Trinajstić information content (AvgIpc) is 2.66. The monoisotopic (exact) mass is 244 g/mol. The molecule has 0 radical (unpaired) electrons. The zero-order valence-corrected chi connectivity index (χ0v) is 10.3. The van der Waals surface area contributed by atoms with E-state index in [-0.39, 0.29) is 44.5 Å². The quantitative estimate of drug-likeness (QED) is 0.515. The van der Waals surface area contributed by atoms with Gasteiger partial charge in [-0.1, -0.05) is 6.92 Å². The van der Waals surface area contributed by atoms with Gasteiger partial charge in [0.05, 0.1) is 0 Å². The fraction of sp³-hybridized carbons (Fsp3) is 0.800. The van der Waals surface area contributed by atoms with Crippen molar-refractivity contribution in [2.24, 2.45) is 0 Å². The Morgan fingerprint density at radius 1 is 1.06 bits per heavy atom. The second kappa shape index (κ2) is 6.61. The highest BCUT2D eigenvalue weighted by molar-refractivity contribution is 6.45. The van der Waals surface area contributed by atoms with E-state index in [1.807, 2.05) is 6.92 Å². The zero-order valence-electron chi connectivity index (χ0n) is 10.3. The van der Waals surface area contributed by atoms with Crippen LogP contribution in [0.1, 0.15) is 20.8 Å². The highest BCUT2D eigenvalue weighted by Gasteiger charge is 2.39. The molecule has 1 heterocycles. The Morgan fingerprint density at radius 2 is 1.47 bits per heavy atom. The van der Waals surface area contributed by atoms with Crippen LogP contribution in [0.15, 0.2) is 0 Å². The summed E-state index contributed by atoms with van der Waals surface area (Å²) in [4.78, 5) is 21.4. The number of ether oxygens (including phenoxy) is 2. The normalized spacial score (nSPS) is 23.6. The summed E-state index contributed by atoms with van der Waals surface area (Å²) in [6, 6.07) is 0. The van der Waals surface area contributed by atoms with E-state index in [9.17, 15) is 9.59 Å². The van der Waals surface area contributed by atoms with Crippen LogP contribution >= 0.6 is 0 Å². The third kappa shape index (κ3) is 4.74. The summed E-state index contributed by atoms with van der Waals surface area (Å²) in [5.41, 5.74) is 0. The summed E-state index contributed by atoms with van der Waals surface area (Å²) in [5, 5.41) is 0. The third-order valence-electron chi connectivity index (χ3n) is 2.30. The molecule has 7 heteroatoms. The standard InChI is InChI=1S/C10H17BO6/c1-4-11-16-9(5-14-7(2)12)10(17-11)6-15-8(3)13/h9-10H,4-6H2,1-3H3. The number of carbonyl (C=O) groups is 2. The van der Waals surface area contributed by atoms with Crippen LogP contribution in [0, 0.1) is 0 Å². The van der Waals surface area contributed by atoms with Gasteiger partial charge in [-0.05, 0) is 6.32 Å². The Morgan fingerprint density at radius 3 is 1.76 bits per heavy atom. The Hall–Kier alpha value is -1.08. The van der Waals surface area contributed by atoms with Crippen molar-refractivity contribution in [2.75, 3.05) is 13.2 Å². The van der Waals surface area contributed by atoms with Crippen LogP contribution in [-0.4, -0.2) is 44.5 Å². The average molecular weight is 244 g/mol. The van der Waals surface area contributed by atoms with Gasteiger partial charge in [0, 0.05) is 13.8 Å². The Labute approximate surface area is 101 Å². The van der Waals surface area contributed by atoms with Crippen molar-refractivity contribution in [1.29, 1.82) is 0 Å². The van der Waals surface area contributed by atoms with Gasteiger partial charge in [0.15, 0.2) is 0 Å². The largest absolute Gasteiger partial charge is 0.463 e. The predicted molar refractivity (Wildman–Crippen MR) is 59.2 cm³/mol. The molecule has 0 bridgehead atoms. The van der Waals surface area contributed by atoms with Gasteiger partial charge in [0.1, 0.15) is 25.4 Å². The van der Waals surface area contributed by atoms with Crippen LogP contribution in [0.4, 0.5) is 0 Å². The van der Waals surface area contributed by atoms with Gasteiger partial charge in [-0.25, -0.2) is 0 Å². The van der Waals surface area contributed by atoms with Gasteiger partial charge in [-0.3, -0.25) is 9.59 Å². The topological polar surface area (TPSA) is 71.1 Å². The van der Waals surface area contributed by atoms with Crippen molar-refractivity contribution in [3.05, 3.63) is 0 Å². The molecule has 1 rings (SSSR count). The van der Waals surface area contributed by atoms with Crippen molar-refractivity contribution >= 4 is 19.1 Å². The van der Waals surface area contributed by atoms with Gasteiger partial charge in [-0.15, -0.1) is 0 Å². The van der Waals surface area contributed by atoms with E-state index >= 15 is 0 Å². The number of carbonyl (C=O) groups excluding carboxylic acids is 2. The first-order chi connectivity index (χ1) is 8.02. The molecule has 2 atom stereocenters. The minimum Gasteiger partial charge on any atom is -0.463 e. The molecule has 0 aromatic heterocycles. The molecule has 1 aliphatic heterocycles. The Balaban J connectivity index is 2.45. The van der Waals surface area contributed by atoms with E-state index in [4.69, 9.17) is 18.8 Å². The first-order valence-corrected chi connectivity index (χ1v) is 5.60. The van der Waals surface area contributed by atoms with Crippen LogP contribution in [0.3, 0.4) is 0 Å². The Kier molecular flexibility index (Phi) is 5.44. The zero-order chi connectivity index (χ0) is 12.8. The first-order valence-electron chi connectivity index (χ1n) is 5.60. The summed E-state index contributed by atoms with van der Waals surface area (Å²) in [6.45, 7) is 4.79. The molecule has 0 N–H and O–H groups in total. The predicted octanol–water partition coefficient (Wildman–Crippen LogP) is 0.405. The smallest absolute Gasteiger partial charge is 0.457 e. The van der Waals surface area contributed by atoms with E-state index in [0.29, 0.717) is 6.32 Å². The third-order valence-corrected chi connectivity index (χ3v) is 2.30. The highest BCUT2D eigenvalue weighted by atomic mass is 16.7. The van der Waals surface area contributed by atoms with Crippen LogP contribution in [-0.2, 0) is 28.4 Å². The summed E-state index contributed by atoms with van der Waals surface area (Å²) < 4.78 is 20.8. The lowest BCUT2D eigenvalue weighted by Crippen LogP contribution is -2.32. The van der Waals surface area contributed by atoms with E-state index in [2.05, 4.69) is 0 Å². The van der Waals surface area contributed by atoms with Gasteiger partial charge >= 0.3 is 19.1 Å². The maximum absolute atomic E-state index is 10.7. The molecule has 17 heavy (non-hydrogen) atoms. The molecular weight excluding hydrogens is 227 g/mol.